The van der Waals surface area contributed by atoms with Gasteiger partial charge in [-0.2, -0.15) is 0 Å². The molecule has 74 valence electrons. The van der Waals surface area contributed by atoms with Gasteiger partial charge in [-0.3, -0.25) is 0 Å². The molecule has 0 aromatic heterocycles. The Labute approximate surface area is 72.5 Å². The normalized spacial score (nSPS) is 13.5. The molecular formula is C8H18O4. The van der Waals surface area contributed by atoms with Crippen molar-refractivity contribution in [2.24, 2.45) is 5.41 Å². The Balaban J connectivity index is 4.57. The van der Waals surface area contributed by atoms with E-state index >= 15 is 0 Å². The fraction of sp³-hybridized carbons (Fsp3) is 1.00. The van der Waals surface area contributed by atoms with Crippen molar-refractivity contribution in [3.05, 3.63) is 0 Å². The average molecular weight is 178 g/mol. The van der Waals surface area contributed by atoms with Crippen molar-refractivity contribution in [3.63, 3.8) is 0 Å². The van der Waals surface area contributed by atoms with Gasteiger partial charge in [0.25, 0.3) is 0 Å². The van der Waals surface area contributed by atoms with Crippen LogP contribution in [-0.2, 0) is 0 Å². The molecule has 0 aliphatic heterocycles. The summed E-state index contributed by atoms with van der Waals surface area (Å²) >= 11 is 0. The molecule has 0 bridgehead atoms. The Morgan fingerprint density at radius 2 is 1.50 bits per heavy atom. The van der Waals surface area contributed by atoms with Crippen molar-refractivity contribution < 1.29 is 20.4 Å². The van der Waals surface area contributed by atoms with Crippen molar-refractivity contribution in [1.29, 1.82) is 0 Å². The summed E-state index contributed by atoms with van der Waals surface area (Å²) < 4.78 is 0. The second-order valence-electron chi connectivity index (χ2n) is 3.37. The summed E-state index contributed by atoms with van der Waals surface area (Å²) in [4.78, 5) is 0. The highest BCUT2D eigenvalue weighted by Crippen LogP contribution is 2.33. The van der Waals surface area contributed by atoms with Crippen molar-refractivity contribution in [1.82, 2.24) is 0 Å². The molecule has 0 atom stereocenters. The average Bonchev–Trinajstić information content (AvgIpc) is 1.98. The molecule has 0 radical (unpaired) electrons. The topological polar surface area (TPSA) is 80.9 Å². The van der Waals surface area contributed by atoms with E-state index in [1.165, 1.54) is 6.92 Å². The van der Waals surface area contributed by atoms with E-state index in [-0.39, 0.29) is 0 Å². The van der Waals surface area contributed by atoms with E-state index in [0.717, 1.165) is 0 Å². The van der Waals surface area contributed by atoms with Gasteiger partial charge in [-0.25, -0.2) is 0 Å². The molecule has 0 spiro atoms. The largest absolute Gasteiger partial charge is 0.395 e. The highest BCUT2D eigenvalue weighted by atomic mass is 16.5. The zero-order chi connectivity index (χ0) is 9.83. The van der Waals surface area contributed by atoms with Crippen LogP contribution >= 0.6 is 0 Å². The minimum atomic E-state index is -2.04. The summed E-state index contributed by atoms with van der Waals surface area (Å²) in [5, 5.41) is 36.5. The van der Waals surface area contributed by atoms with E-state index in [0.29, 0.717) is 12.8 Å². The summed E-state index contributed by atoms with van der Waals surface area (Å²) in [6, 6.07) is 0. The molecule has 0 aliphatic rings. The smallest absolute Gasteiger partial charge is 0.169 e. The maximum absolute atomic E-state index is 9.29. The van der Waals surface area contributed by atoms with Crippen molar-refractivity contribution in [2.45, 2.75) is 32.5 Å². The molecule has 0 aliphatic carbocycles. The molecule has 0 heterocycles. The van der Waals surface area contributed by atoms with Gasteiger partial charge in [0.2, 0.25) is 0 Å². The predicted octanol–water partition coefficient (Wildman–Crippen LogP) is -0.542. The van der Waals surface area contributed by atoms with Crippen LogP contribution in [0.4, 0.5) is 0 Å². The van der Waals surface area contributed by atoms with E-state index in [9.17, 15) is 10.2 Å². The van der Waals surface area contributed by atoms with Crippen LogP contribution in [0, 0.1) is 5.41 Å². The van der Waals surface area contributed by atoms with Gasteiger partial charge < -0.3 is 20.4 Å². The molecule has 0 rings (SSSR count). The zero-order valence-electron chi connectivity index (χ0n) is 7.62. The molecule has 0 saturated carbocycles. The monoisotopic (exact) mass is 178 g/mol. The number of rotatable bonds is 5. The molecule has 4 heteroatoms. The minimum Gasteiger partial charge on any atom is -0.395 e. The summed E-state index contributed by atoms with van der Waals surface area (Å²) in [7, 11) is 0. The number of hydrogen-bond acceptors (Lipinski definition) is 4. The molecule has 0 saturated heterocycles. The standard InChI is InChI=1S/C8H18O4/c1-3-4-8(5-9,6-10)7(2,11)12/h9-12H,3-6H2,1-2H3. The van der Waals surface area contributed by atoms with Gasteiger partial charge in [-0.1, -0.05) is 13.3 Å². The number of hydrogen-bond donors (Lipinski definition) is 4. The molecule has 0 aromatic rings. The maximum atomic E-state index is 9.29. The van der Waals surface area contributed by atoms with E-state index in [1.54, 1.807) is 0 Å². The van der Waals surface area contributed by atoms with Gasteiger partial charge in [0, 0.05) is 0 Å². The lowest BCUT2D eigenvalue weighted by Crippen LogP contribution is -2.51. The molecule has 0 unspecified atom stereocenters. The van der Waals surface area contributed by atoms with Gasteiger partial charge in [-0.05, 0) is 13.3 Å². The Morgan fingerprint density at radius 1 is 1.08 bits per heavy atom. The van der Waals surface area contributed by atoms with E-state index in [1.807, 2.05) is 6.92 Å². The SMILES string of the molecule is CCCC(CO)(CO)C(C)(O)O. The van der Waals surface area contributed by atoms with Crippen molar-refractivity contribution >= 4 is 0 Å². The van der Waals surface area contributed by atoms with E-state index in [2.05, 4.69) is 0 Å². The molecule has 0 amide bonds. The van der Waals surface area contributed by atoms with Gasteiger partial charge in [0.05, 0.1) is 18.6 Å². The fourth-order valence-electron chi connectivity index (χ4n) is 1.22. The Kier molecular flexibility index (Phi) is 4.13. The third-order valence-corrected chi connectivity index (χ3v) is 2.34. The van der Waals surface area contributed by atoms with Crippen LogP contribution in [0.5, 0.6) is 0 Å². The lowest BCUT2D eigenvalue weighted by atomic mass is 9.77. The van der Waals surface area contributed by atoms with Crippen LogP contribution in [0.25, 0.3) is 0 Å². The predicted molar refractivity (Wildman–Crippen MR) is 44.4 cm³/mol. The van der Waals surface area contributed by atoms with Gasteiger partial charge >= 0.3 is 0 Å². The molecule has 4 N–H and O–H groups in total. The summed E-state index contributed by atoms with van der Waals surface area (Å²) in [6.07, 6.45) is 1.06. The first-order chi connectivity index (χ1) is 5.43. The Morgan fingerprint density at radius 3 is 1.58 bits per heavy atom. The molecule has 12 heavy (non-hydrogen) atoms. The number of aliphatic hydroxyl groups is 4. The minimum absolute atomic E-state index is 0.378. The van der Waals surface area contributed by atoms with Crippen LogP contribution in [0.3, 0.4) is 0 Å². The Hall–Kier alpha value is -0.160. The van der Waals surface area contributed by atoms with Crippen LogP contribution in [0.15, 0.2) is 0 Å². The van der Waals surface area contributed by atoms with Gasteiger partial charge in [0.15, 0.2) is 5.79 Å². The van der Waals surface area contributed by atoms with E-state index < -0.39 is 24.4 Å². The van der Waals surface area contributed by atoms with Gasteiger partial charge in [-0.15, -0.1) is 0 Å². The lowest BCUT2D eigenvalue weighted by Gasteiger charge is -2.38. The number of aliphatic hydroxyl groups excluding tert-OH is 2. The van der Waals surface area contributed by atoms with Crippen LogP contribution in [-0.4, -0.2) is 39.4 Å². The summed E-state index contributed by atoms with van der Waals surface area (Å²) in [5.41, 5.74) is -1.21. The maximum Gasteiger partial charge on any atom is 0.169 e. The van der Waals surface area contributed by atoms with Crippen molar-refractivity contribution in [2.75, 3.05) is 13.2 Å². The molecular weight excluding hydrogens is 160 g/mol. The molecule has 0 fully saturated rings. The first-order valence-corrected chi connectivity index (χ1v) is 4.10. The molecule has 0 aromatic carbocycles. The van der Waals surface area contributed by atoms with Crippen LogP contribution in [0.1, 0.15) is 26.7 Å². The quantitative estimate of drug-likeness (QED) is 0.426. The summed E-state index contributed by atoms with van der Waals surface area (Å²) in [5.74, 6) is -2.04. The highest BCUT2D eigenvalue weighted by molar-refractivity contribution is 4.87. The Bertz CT molecular complexity index is 124. The first kappa shape index (κ1) is 11.8. The van der Waals surface area contributed by atoms with Gasteiger partial charge in [0.1, 0.15) is 0 Å². The first-order valence-electron chi connectivity index (χ1n) is 4.10. The van der Waals surface area contributed by atoms with Crippen LogP contribution in [0.2, 0.25) is 0 Å². The third-order valence-electron chi connectivity index (χ3n) is 2.34. The second-order valence-corrected chi connectivity index (χ2v) is 3.37. The highest BCUT2D eigenvalue weighted by Gasteiger charge is 2.44. The van der Waals surface area contributed by atoms with E-state index in [4.69, 9.17) is 10.2 Å². The van der Waals surface area contributed by atoms with Crippen LogP contribution < -0.4 is 0 Å². The van der Waals surface area contributed by atoms with Crippen molar-refractivity contribution in [3.8, 4) is 0 Å². The zero-order valence-corrected chi connectivity index (χ0v) is 7.62. The second kappa shape index (κ2) is 4.18. The lowest BCUT2D eigenvalue weighted by molar-refractivity contribution is -0.253. The summed E-state index contributed by atoms with van der Waals surface area (Å²) in [6.45, 7) is 2.17. The fourth-order valence-corrected chi connectivity index (χ4v) is 1.22. The molecule has 4 nitrogen and oxygen atoms in total. The third kappa shape index (κ3) is 2.17.